The van der Waals surface area contributed by atoms with Gasteiger partial charge in [0.2, 0.25) is 0 Å². The number of anilines is 1. The first-order valence-electron chi connectivity index (χ1n) is 9.59. The fraction of sp³-hybridized carbons (Fsp3) is 0.182. The van der Waals surface area contributed by atoms with Gasteiger partial charge in [-0.2, -0.15) is 5.10 Å². The molecule has 0 aliphatic heterocycles. The number of carbonyl (C=O) groups excluding carboxylic acids is 1. The van der Waals surface area contributed by atoms with Gasteiger partial charge in [-0.15, -0.1) is 0 Å². The summed E-state index contributed by atoms with van der Waals surface area (Å²) in [6.45, 7) is 2.53. The SMILES string of the molecule is CCCCn1nc(C(=O)Nc2ccccc2-c2nc3ccccc3[nH]2)ccc1=O. The molecule has 0 saturated heterocycles. The van der Waals surface area contributed by atoms with Crippen LogP contribution < -0.4 is 10.9 Å². The zero-order valence-electron chi connectivity index (χ0n) is 16.1. The number of aryl methyl sites for hydroxylation is 1. The number of para-hydroxylation sites is 3. The van der Waals surface area contributed by atoms with Gasteiger partial charge in [0.25, 0.3) is 11.5 Å². The maximum absolute atomic E-state index is 12.8. The monoisotopic (exact) mass is 387 g/mol. The third-order valence-corrected chi connectivity index (χ3v) is 4.64. The number of rotatable bonds is 6. The van der Waals surface area contributed by atoms with Gasteiger partial charge < -0.3 is 10.3 Å². The van der Waals surface area contributed by atoms with Gasteiger partial charge in [-0.1, -0.05) is 37.6 Å². The van der Waals surface area contributed by atoms with Gasteiger partial charge in [0.1, 0.15) is 11.5 Å². The zero-order valence-corrected chi connectivity index (χ0v) is 16.1. The molecule has 0 radical (unpaired) electrons. The molecule has 2 N–H and O–H groups in total. The topological polar surface area (TPSA) is 92.7 Å². The lowest BCUT2D eigenvalue weighted by Gasteiger charge is -2.10. The Labute approximate surface area is 167 Å². The van der Waals surface area contributed by atoms with Crippen molar-refractivity contribution in [3.8, 4) is 11.4 Å². The highest BCUT2D eigenvalue weighted by atomic mass is 16.2. The first kappa shape index (κ1) is 18.6. The second kappa shape index (κ2) is 8.10. The molecule has 0 bridgehead atoms. The number of H-pyrrole nitrogens is 1. The lowest BCUT2D eigenvalue weighted by molar-refractivity contribution is 0.102. The number of unbranched alkanes of at least 4 members (excludes halogenated alkanes) is 1. The Morgan fingerprint density at radius 3 is 2.69 bits per heavy atom. The molecule has 0 fully saturated rings. The van der Waals surface area contributed by atoms with E-state index in [0.29, 0.717) is 18.1 Å². The number of benzene rings is 2. The normalized spacial score (nSPS) is 10.9. The molecule has 0 spiro atoms. The summed E-state index contributed by atoms with van der Waals surface area (Å²) in [4.78, 5) is 32.6. The van der Waals surface area contributed by atoms with E-state index in [4.69, 9.17) is 0 Å². The summed E-state index contributed by atoms with van der Waals surface area (Å²) in [6, 6.07) is 18.0. The maximum Gasteiger partial charge on any atom is 0.276 e. The van der Waals surface area contributed by atoms with E-state index in [-0.39, 0.29) is 17.2 Å². The van der Waals surface area contributed by atoms with Gasteiger partial charge >= 0.3 is 0 Å². The molecule has 0 saturated carbocycles. The Morgan fingerprint density at radius 1 is 1.07 bits per heavy atom. The quantitative estimate of drug-likeness (QED) is 0.526. The van der Waals surface area contributed by atoms with Crippen LogP contribution >= 0.6 is 0 Å². The molecular weight excluding hydrogens is 366 g/mol. The second-order valence-electron chi connectivity index (χ2n) is 6.74. The number of hydrogen-bond acceptors (Lipinski definition) is 4. The van der Waals surface area contributed by atoms with Crippen molar-refractivity contribution in [2.45, 2.75) is 26.3 Å². The lowest BCUT2D eigenvalue weighted by atomic mass is 10.1. The average Bonchev–Trinajstić information content (AvgIpc) is 3.17. The number of nitrogens with one attached hydrogen (secondary N) is 2. The van der Waals surface area contributed by atoms with Gasteiger partial charge in [-0.3, -0.25) is 9.59 Å². The van der Waals surface area contributed by atoms with Crippen molar-refractivity contribution in [1.29, 1.82) is 0 Å². The van der Waals surface area contributed by atoms with Crippen LogP contribution in [0.2, 0.25) is 0 Å². The van der Waals surface area contributed by atoms with Crippen LogP contribution in [0.25, 0.3) is 22.4 Å². The minimum Gasteiger partial charge on any atom is -0.338 e. The van der Waals surface area contributed by atoms with E-state index in [2.05, 4.69) is 20.4 Å². The van der Waals surface area contributed by atoms with Crippen LogP contribution in [-0.4, -0.2) is 25.7 Å². The number of imidazole rings is 1. The molecule has 2 aromatic carbocycles. The summed E-state index contributed by atoms with van der Waals surface area (Å²) >= 11 is 0. The summed E-state index contributed by atoms with van der Waals surface area (Å²) < 4.78 is 1.34. The summed E-state index contributed by atoms with van der Waals surface area (Å²) in [5, 5.41) is 7.11. The first-order chi connectivity index (χ1) is 14.2. The summed E-state index contributed by atoms with van der Waals surface area (Å²) in [7, 11) is 0. The Balaban J connectivity index is 1.63. The van der Waals surface area contributed by atoms with E-state index in [1.807, 2.05) is 55.5 Å². The van der Waals surface area contributed by atoms with Crippen LogP contribution in [-0.2, 0) is 6.54 Å². The highest BCUT2D eigenvalue weighted by Crippen LogP contribution is 2.27. The van der Waals surface area contributed by atoms with E-state index in [1.54, 1.807) is 0 Å². The molecule has 7 heteroatoms. The Kier molecular flexibility index (Phi) is 5.20. The van der Waals surface area contributed by atoms with Crippen molar-refractivity contribution in [3.05, 3.63) is 76.7 Å². The Hall–Kier alpha value is -3.74. The fourth-order valence-electron chi connectivity index (χ4n) is 3.10. The predicted octanol–water partition coefficient (Wildman–Crippen LogP) is 3.84. The average molecular weight is 387 g/mol. The highest BCUT2D eigenvalue weighted by Gasteiger charge is 2.14. The van der Waals surface area contributed by atoms with Gasteiger partial charge in [0.15, 0.2) is 0 Å². The van der Waals surface area contributed by atoms with Crippen LogP contribution in [0.1, 0.15) is 30.3 Å². The molecule has 2 heterocycles. The third kappa shape index (κ3) is 3.94. The van der Waals surface area contributed by atoms with Crippen LogP contribution in [0.5, 0.6) is 0 Å². The molecule has 2 aromatic heterocycles. The van der Waals surface area contributed by atoms with Crippen LogP contribution in [0.4, 0.5) is 5.69 Å². The molecule has 0 aliphatic carbocycles. The lowest BCUT2D eigenvalue weighted by Crippen LogP contribution is -2.26. The van der Waals surface area contributed by atoms with Gasteiger partial charge in [0, 0.05) is 18.2 Å². The zero-order chi connectivity index (χ0) is 20.2. The van der Waals surface area contributed by atoms with Gasteiger partial charge in [0.05, 0.1) is 16.7 Å². The molecule has 1 amide bonds. The Morgan fingerprint density at radius 2 is 1.86 bits per heavy atom. The number of hydrogen-bond donors (Lipinski definition) is 2. The van der Waals surface area contributed by atoms with Crippen LogP contribution in [0, 0.1) is 0 Å². The molecule has 146 valence electrons. The molecule has 0 aliphatic rings. The molecule has 0 unspecified atom stereocenters. The van der Waals surface area contributed by atoms with Crippen molar-refractivity contribution in [1.82, 2.24) is 19.7 Å². The number of aromatic amines is 1. The largest absolute Gasteiger partial charge is 0.338 e. The van der Waals surface area contributed by atoms with E-state index in [0.717, 1.165) is 29.4 Å². The molecule has 4 aromatic rings. The highest BCUT2D eigenvalue weighted by molar-refractivity contribution is 6.04. The maximum atomic E-state index is 12.8. The summed E-state index contributed by atoms with van der Waals surface area (Å²) in [6.07, 6.45) is 1.77. The van der Waals surface area contributed by atoms with Crippen molar-refractivity contribution in [2.24, 2.45) is 0 Å². The number of fused-ring (bicyclic) bond motifs is 1. The van der Waals surface area contributed by atoms with Gasteiger partial charge in [-0.05, 0) is 36.8 Å². The summed E-state index contributed by atoms with van der Waals surface area (Å²) in [5.41, 5.74) is 3.15. The van der Waals surface area contributed by atoms with Crippen LogP contribution in [0.15, 0.2) is 65.5 Å². The number of carbonyl (C=O) groups is 1. The smallest absolute Gasteiger partial charge is 0.276 e. The van der Waals surface area contributed by atoms with Crippen molar-refractivity contribution in [2.75, 3.05) is 5.32 Å². The first-order valence-corrected chi connectivity index (χ1v) is 9.59. The van der Waals surface area contributed by atoms with E-state index in [1.165, 1.54) is 16.8 Å². The van der Waals surface area contributed by atoms with Crippen molar-refractivity contribution in [3.63, 3.8) is 0 Å². The van der Waals surface area contributed by atoms with E-state index in [9.17, 15) is 9.59 Å². The second-order valence-corrected chi connectivity index (χ2v) is 6.74. The predicted molar refractivity (Wildman–Crippen MR) is 113 cm³/mol. The molecule has 4 rings (SSSR count). The summed E-state index contributed by atoms with van der Waals surface area (Å²) in [5.74, 6) is 0.293. The molecule has 29 heavy (non-hydrogen) atoms. The van der Waals surface area contributed by atoms with Crippen molar-refractivity contribution < 1.29 is 4.79 Å². The number of amides is 1. The van der Waals surface area contributed by atoms with Crippen molar-refractivity contribution >= 4 is 22.6 Å². The minimum absolute atomic E-state index is 0.195. The molecule has 7 nitrogen and oxygen atoms in total. The van der Waals surface area contributed by atoms with E-state index < -0.39 is 0 Å². The van der Waals surface area contributed by atoms with E-state index >= 15 is 0 Å². The number of nitrogens with zero attached hydrogens (tertiary/aromatic N) is 3. The standard InChI is InChI=1S/C22H21N5O2/c1-2-3-14-27-20(28)13-12-19(26-27)22(29)25-16-9-5-4-8-15(16)21-23-17-10-6-7-11-18(17)24-21/h4-13H,2-3,14H2,1H3,(H,23,24)(H,25,29). The molecular formula is C22H21N5O2. The van der Waals surface area contributed by atoms with Crippen LogP contribution in [0.3, 0.4) is 0 Å². The minimum atomic E-state index is -0.376. The van der Waals surface area contributed by atoms with Gasteiger partial charge in [-0.25, -0.2) is 9.67 Å². The molecule has 0 atom stereocenters. The number of aromatic nitrogens is 4. The third-order valence-electron chi connectivity index (χ3n) is 4.64. The Bertz CT molecular complexity index is 1190. The fourth-order valence-corrected chi connectivity index (χ4v) is 3.10.